The summed E-state index contributed by atoms with van der Waals surface area (Å²) in [6.45, 7) is 8.93. The first kappa shape index (κ1) is 17.9. The van der Waals surface area contributed by atoms with E-state index in [1.165, 1.54) is 5.56 Å². The number of likely N-dealkylation sites (N-methyl/N-ethyl adjacent to an activating group) is 1. The van der Waals surface area contributed by atoms with Crippen molar-refractivity contribution in [1.29, 1.82) is 0 Å². The van der Waals surface area contributed by atoms with Crippen LogP contribution >= 0.6 is 11.3 Å². The molecule has 1 atom stereocenters. The number of nitrogens with one attached hydrogen (secondary N) is 1. The maximum absolute atomic E-state index is 12.5. The van der Waals surface area contributed by atoms with Gasteiger partial charge in [0.25, 0.3) is 0 Å². The fourth-order valence-electron chi connectivity index (χ4n) is 2.67. The second-order valence-corrected chi connectivity index (χ2v) is 7.78. The molecule has 1 aromatic heterocycles. The van der Waals surface area contributed by atoms with Crippen molar-refractivity contribution in [1.82, 2.24) is 10.2 Å². The summed E-state index contributed by atoms with van der Waals surface area (Å²) in [6, 6.07) is 2.11. The van der Waals surface area contributed by atoms with Gasteiger partial charge in [-0.2, -0.15) is 0 Å². The van der Waals surface area contributed by atoms with Gasteiger partial charge in [0.15, 0.2) is 0 Å². The molecule has 1 aliphatic heterocycles. The zero-order chi connectivity index (χ0) is 17.0. The molecule has 1 aromatic rings. The van der Waals surface area contributed by atoms with Crippen LogP contribution in [0, 0.1) is 0 Å². The van der Waals surface area contributed by atoms with Gasteiger partial charge in [-0.3, -0.25) is 9.59 Å². The normalized spacial score (nSPS) is 17.5. The van der Waals surface area contributed by atoms with Gasteiger partial charge in [0, 0.05) is 17.0 Å². The van der Waals surface area contributed by atoms with Crippen LogP contribution in [0.2, 0.25) is 0 Å². The number of carbonyl (C=O) groups excluding carboxylic acids is 2. The summed E-state index contributed by atoms with van der Waals surface area (Å²) >= 11 is 1.64. The monoisotopic (exact) mass is 338 g/mol. The van der Waals surface area contributed by atoms with Gasteiger partial charge in [-0.05, 0) is 51.1 Å². The maximum atomic E-state index is 12.5. The van der Waals surface area contributed by atoms with E-state index in [0.717, 1.165) is 11.3 Å². The average Bonchev–Trinajstić information content (AvgIpc) is 2.92. The minimum Gasteiger partial charge on any atom is -0.372 e. The van der Waals surface area contributed by atoms with Gasteiger partial charge in [0.05, 0.1) is 19.6 Å². The number of amides is 2. The minimum absolute atomic E-state index is 0.0391. The van der Waals surface area contributed by atoms with Gasteiger partial charge >= 0.3 is 0 Å². The molecular weight excluding hydrogens is 312 g/mol. The zero-order valence-electron chi connectivity index (χ0n) is 14.3. The molecule has 1 aliphatic rings. The highest BCUT2D eigenvalue weighted by Crippen LogP contribution is 2.34. The number of ether oxygens (including phenoxy) is 1. The number of fused-ring (bicyclic) bond motifs is 1. The molecule has 23 heavy (non-hydrogen) atoms. The van der Waals surface area contributed by atoms with Crippen molar-refractivity contribution in [2.24, 2.45) is 0 Å². The molecule has 0 aromatic carbocycles. The Bertz CT molecular complexity index is 562. The van der Waals surface area contributed by atoms with Crippen LogP contribution in [0.5, 0.6) is 0 Å². The maximum Gasteiger partial charge on any atom is 0.240 e. The Morgan fingerprint density at radius 2 is 2.17 bits per heavy atom. The smallest absolute Gasteiger partial charge is 0.240 e. The van der Waals surface area contributed by atoms with E-state index in [9.17, 15) is 9.59 Å². The van der Waals surface area contributed by atoms with Crippen LogP contribution < -0.4 is 5.32 Å². The summed E-state index contributed by atoms with van der Waals surface area (Å²) in [5.41, 5.74) is 0.991. The number of hydrogen-bond acceptors (Lipinski definition) is 4. The molecule has 2 rings (SSSR count). The Balaban J connectivity index is 1.95. The average molecular weight is 338 g/mol. The molecule has 0 unspecified atom stereocenters. The van der Waals surface area contributed by atoms with E-state index in [2.05, 4.69) is 11.4 Å². The van der Waals surface area contributed by atoms with Crippen LogP contribution in [-0.2, 0) is 20.7 Å². The third-order valence-corrected chi connectivity index (χ3v) is 4.76. The summed E-state index contributed by atoms with van der Waals surface area (Å²) in [7, 11) is 0. The summed E-state index contributed by atoms with van der Waals surface area (Å²) in [6.07, 6.45) is 1.03. The lowest BCUT2D eigenvalue weighted by molar-refractivity contribution is -0.138. The standard InChI is InChI=1S/C17H26N2O3S/c1-5-19(11-14(20)18-17(2,3)4)15(21)10-13-16-12(6-8-22-13)7-9-23-16/h7,9,13H,5-6,8,10-11H2,1-4H3,(H,18,20)/t13-/m1/s1. The first-order chi connectivity index (χ1) is 10.8. The van der Waals surface area contributed by atoms with Crippen molar-refractivity contribution in [2.45, 2.75) is 52.2 Å². The Labute approximate surface area is 142 Å². The van der Waals surface area contributed by atoms with Gasteiger partial charge in [-0.25, -0.2) is 0 Å². The molecule has 0 aliphatic carbocycles. The number of rotatable bonds is 5. The number of carbonyl (C=O) groups is 2. The fourth-order valence-corrected chi connectivity index (χ4v) is 3.67. The lowest BCUT2D eigenvalue weighted by Gasteiger charge is -2.28. The topological polar surface area (TPSA) is 58.6 Å². The molecule has 2 amide bonds. The van der Waals surface area contributed by atoms with Gasteiger partial charge in [-0.1, -0.05) is 0 Å². The van der Waals surface area contributed by atoms with Crippen LogP contribution in [0.4, 0.5) is 0 Å². The van der Waals surface area contributed by atoms with Gasteiger partial charge in [0.1, 0.15) is 6.10 Å². The first-order valence-electron chi connectivity index (χ1n) is 8.07. The van der Waals surface area contributed by atoms with Crippen LogP contribution in [0.1, 0.15) is 50.7 Å². The van der Waals surface area contributed by atoms with Crippen molar-refractivity contribution in [3.8, 4) is 0 Å². The second kappa shape index (κ2) is 7.45. The predicted molar refractivity (Wildman–Crippen MR) is 91.5 cm³/mol. The summed E-state index contributed by atoms with van der Waals surface area (Å²) in [5, 5.41) is 4.94. The SMILES string of the molecule is CCN(CC(=O)NC(C)(C)C)C(=O)C[C@H]1OCCc2ccsc21. The lowest BCUT2D eigenvalue weighted by atomic mass is 10.0. The van der Waals surface area contributed by atoms with Gasteiger partial charge in [0.2, 0.25) is 11.8 Å². The van der Waals surface area contributed by atoms with Crippen molar-refractivity contribution in [2.75, 3.05) is 19.7 Å². The third kappa shape index (κ3) is 5.04. The van der Waals surface area contributed by atoms with Crippen molar-refractivity contribution < 1.29 is 14.3 Å². The van der Waals surface area contributed by atoms with Crippen molar-refractivity contribution in [3.05, 3.63) is 21.9 Å². The molecule has 0 saturated carbocycles. The number of thiophene rings is 1. The Morgan fingerprint density at radius 3 is 2.83 bits per heavy atom. The third-order valence-electron chi connectivity index (χ3n) is 3.71. The van der Waals surface area contributed by atoms with E-state index < -0.39 is 0 Å². The second-order valence-electron chi connectivity index (χ2n) is 6.83. The van der Waals surface area contributed by atoms with E-state index in [-0.39, 0.29) is 30.0 Å². The highest BCUT2D eigenvalue weighted by Gasteiger charge is 2.27. The minimum atomic E-state index is -0.294. The molecule has 0 saturated heterocycles. The molecule has 128 valence electrons. The highest BCUT2D eigenvalue weighted by molar-refractivity contribution is 7.10. The number of hydrogen-bond donors (Lipinski definition) is 1. The molecular formula is C17H26N2O3S. The molecule has 0 bridgehead atoms. The molecule has 0 radical (unpaired) electrons. The highest BCUT2D eigenvalue weighted by atomic mass is 32.1. The van der Waals surface area contributed by atoms with E-state index in [1.807, 2.05) is 33.1 Å². The van der Waals surface area contributed by atoms with E-state index in [4.69, 9.17) is 4.74 Å². The quantitative estimate of drug-likeness (QED) is 0.897. The Hall–Kier alpha value is -1.40. The molecule has 0 spiro atoms. The van der Waals surface area contributed by atoms with Crippen molar-refractivity contribution in [3.63, 3.8) is 0 Å². The fraction of sp³-hybridized carbons (Fsp3) is 0.647. The van der Waals surface area contributed by atoms with E-state index in [0.29, 0.717) is 19.6 Å². The van der Waals surface area contributed by atoms with Gasteiger partial charge in [-0.15, -0.1) is 11.3 Å². The van der Waals surface area contributed by atoms with E-state index in [1.54, 1.807) is 16.2 Å². The lowest BCUT2D eigenvalue weighted by Crippen LogP contribution is -2.47. The largest absolute Gasteiger partial charge is 0.372 e. The van der Waals surface area contributed by atoms with Crippen LogP contribution in [-0.4, -0.2) is 41.9 Å². The van der Waals surface area contributed by atoms with Crippen LogP contribution in [0.3, 0.4) is 0 Å². The van der Waals surface area contributed by atoms with E-state index >= 15 is 0 Å². The molecule has 6 heteroatoms. The zero-order valence-corrected chi connectivity index (χ0v) is 15.2. The summed E-state index contributed by atoms with van der Waals surface area (Å²) < 4.78 is 5.78. The van der Waals surface area contributed by atoms with Crippen LogP contribution in [0.15, 0.2) is 11.4 Å². The molecule has 5 nitrogen and oxygen atoms in total. The van der Waals surface area contributed by atoms with Gasteiger partial charge < -0.3 is 15.0 Å². The predicted octanol–water partition coefficient (Wildman–Crippen LogP) is 2.52. The Morgan fingerprint density at radius 1 is 1.43 bits per heavy atom. The molecule has 1 N–H and O–H groups in total. The summed E-state index contributed by atoms with van der Waals surface area (Å²) in [4.78, 5) is 27.3. The first-order valence-corrected chi connectivity index (χ1v) is 8.94. The van der Waals surface area contributed by atoms with Crippen molar-refractivity contribution >= 4 is 23.2 Å². The van der Waals surface area contributed by atoms with Crippen LogP contribution in [0.25, 0.3) is 0 Å². The summed E-state index contributed by atoms with van der Waals surface area (Å²) in [5.74, 6) is -0.170. The molecule has 2 heterocycles. The molecule has 0 fully saturated rings. The number of nitrogens with zero attached hydrogens (tertiary/aromatic N) is 1. The Kier molecular flexibility index (Phi) is 5.81.